The van der Waals surface area contributed by atoms with Crippen molar-refractivity contribution in [3.63, 3.8) is 0 Å². The molecule has 434 valence electrons. The van der Waals surface area contributed by atoms with Crippen molar-refractivity contribution in [1.82, 2.24) is 55.8 Å². The third-order valence-electron chi connectivity index (χ3n) is 14.6. The number of aromatic amines is 3. The summed E-state index contributed by atoms with van der Waals surface area (Å²) < 4.78 is 11.1. The Morgan fingerprint density at radius 2 is 1.57 bits per heavy atom. The van der Waals surface area contributed by atoms with Gasteiger partial charge in [-0.15, -0.1) is 0 Å². The summed E-state index contributed by atoms with van der Waals surface area (Å²) in [5.41, 5.74) is 15.2. The van der Waals surface area contributed by atoms with Crippen molar-refractivity contribution in [1.29, 1.82) is 0 Å². The zero-order valence-electron chi connectivity index (χ0n) is 46.4. The number of amides is 3. The van der Waals surface area contributed by atoms with Gasteiger partial charge in [0, 0.05) is 75.8 Å². The molecule has 12 N–H and O–H groups in total. The summed E-state index contributed by atoms with van der Waals surface area (Å²) in [6.07, 6.45) is 3.19. The topological polar surface area (TPSA) is 385 Å². The van der Waals surface area contributed by atoms with Crippen LogP contribution in [0.2, 0.25) is 0 Å². The number of carboxylic acids is 3. The predicted molar refractivity (Wildman–Crippen MR) is 309 cm³/mol. The number of allylic oxidation sites excluding steroid dienone is 2. The van der Waals surface area contributed by atoms with E-state index >= 15 is 0 Å². The largest absolute Gasteiger partial charge is 0.481 e. The fourth-order valence-corrected chi connectivity index (χ4v) is 10.2. The molecule has 8 rings (SSSR count). The Morgan fingerprint density at radius 1 is 0.843 bits per heavy atom. The highest BCUT2D eigenvalue weighted by atomic mass is 16.5. The molecule has 25 heteroatoms. The molecule has 1 aromatic carbocycles. The minimum atomic E-state index is -1.36. The monoisotopic (exact) mass is 1140 g/mol. The second kappa shape index (κ2) is 26.3. The normalized spacial score (nSPS) is 14.3. The van der Waals surface area contributed by atoms with E-state index in [-0.39, 0.29) is 116 Å². The Balaban J connectivity index is 0.810. The molecule has 0 radical (unpaired) electrons. The number of aryl methyl sites for hydroxylation is 2. The number of nitrogens with zero attached hydrogens (tertiary/aromatic N) is 5. The summed E-state index contributed by atoms with van der Waals surface area (Å²) in [4.78, 5) is 120. The van der Waals surface area contributed by atoms with Gasteiger partial charge in [0.2, 0.25) is 17.8 Å². The number of carbonyl (C=O) groups excluding carboxylic acids is 3. The minimum absolute atomic E-state index is 0.0301. The average Bonchev–Trinajstić information content (AvgIpc) is 3.98. The summed E-state index contributed by atoms with van der Waals surface area (Å²) in [6, 6.07) is 10.5. The quantitative estimate of drug-likeness (QED) is 0.0231. The summed E-state index contributed by atoms with van der Waals surface area (Å²) in [6.45, 7) is 14.2. The molecule has 2 aliphatic heterocycles. The van der Waals surface area contributed by atoms with E-state index < -0.39 is 53.7 Å². The van der Waals surface area contributed by atoms with Gasteiger partial charge in [0.15, 0.2) is 11.2 Å². The van der Waals surface area contributed by atoms with Crippen LogP contribution >= 0.6 is 0 Å². The fraction of sp³-hybridized carbons (Fsp3) is 0.345. The first kappa shape index (κ1) is 59.5. The number of rotatable bonds is 25. The summed E-state index contributed by atoms with van der Waals surface area (Å²) in [5.74, 6) is -6.10. The maximum atomic E-state index is 13.4. The Morgan fingerprint density at radius 3 is 2.28 bits per heavy atom. The standard InChI is InChI=1S/C58H65N13O12/c1-7-35-28(3)40-22-42-30(5)37(50(67-42)38(21-48(74)75)51-49(57(80)81)31(6)43(68-51)24-45-36(8-2)29(4)41(66-45)23-44(35)65-40)13-15-46(72)60-17-18-82-19-20-83-27-63-47(73)16-14-39(56(78)79)69-54(76)32-9-11-33(12-10-32)61-25-34-26-62-53-52(64-34)55(77)71-58(59)70-53/h7,9-12,22-24,26,30,37,39,61,65,68H,1,8,13-21,25,27H2,2-6H3,(H,60,72)(H,63,73)(H,69,76)(H,74,75)(H,78,79)(H,80,81)(H3,59,62,70,71,77). The van der Waals surface area contributed by atoms with Crippen LogP contribution in [0.25, 0.3) is 50.5 Å². The van der Waals surface area contributed by atoms with Crippen LogP contribution in [0.3, 0.4) is 0 Å². The van der Waals surface area contributed by atoms with Gasteiger partial charge < -0.3 is 61.8 Å². The lowest BCUT2D eigenvalue weighted by atomic mass is 9.85. The number of carbonyl (C=O) groups is 6. The smallest absolute Gasteiger partial charge is 0.338 e. The molecule has 3 amide bonds. The van der Waals surface area contributed by atoms with Gasteiger partial charge in [0.25, 0.3) is 11.5 Å². The highest BCUT2D eigenvalue weighted by Crippen LogP contribution is 2.43. The van der Waals surface area contributed by atoms with Crippen LogP contribution in [0.5, 0.6) is 0 Å². The van der Waals surface area contributed by atoms with Gasteiger partial charge in [-0.05, 0) is 105 Å². The highest BCUT2D eigenvalue weighted by molar-refractivity contribution is 6.03. The minimum Gasteiger partial charge on any atom is -0.481 e. The number of benzene rings is 1. The third-order valence-corrected chi connectivity index (χ3v) is 14.6. The molecule has 3 unspecified atom stereocenters. The lowest BCUT2D eigenvalue weighted by Crippen LogP contribution is -2.41. The number of nitrogens with two attached hydrogens (primary N) is 1. The molecular formula is C58H65N13O12. The van der Waals surface area contributed by atoms with Gasteiger partial charge >= 0.3 is 17.9 Å². The van der Waals surface area contributed by atoms with E-state index in [1.165, 1.54) is 18.3 Å². The molecule has 0 spiro atoms. The fourth-order valence-electron chi connectivity index (χ4n) is 10.2. The molecule has 0 saturated carbocycles. The lowest BCUT2D eigenvalue weighted by Gasteiger charge is -2.18. The molecular weight excluding hydrogens is 1070 g/mol. The summed E-state index contributed by atoms with van der Waals surface area (Å²) in [5, 5.41) is 41.7. The Labute approximate surface area is 474 Å². The maximum Gasteiger partial charge on any atom is 0.338 e. The van der Waals surface area contributed by atoms with E-state index in [0.717, 1.165) is 39.0 Å². The second-order valence-electron chi connectivity index (χ2n) is 20.0. The number of ether oxygens (including phenoxy) is 2. The van der Waals surface area contributed by atoms with Crippen LogP contribution < -0.4 is 32.6 Å². The Bertz CT molecular complexity index is 3810. The molecule has 7 heterocycles. The van der Waals surface area contributed by atoms with Crippen LogP contribution in [-0.2, 0) is 41.6 Å². The molecule has 0 aliphatic carbocycles. The van der Waals surface area contributed by atoms with E-state index in [0.29, 0.717) is 46.0 Å². The zero-order valence-corrected chi connectivity index (χ0v) is 46.4. The van der Waals surface area contributed by atoms with Gasteiger partial charge in [-0.3, -0.25) is 33.9 Å². The molecule has 83 heavy (non-hydrogen) atoms. The van der Waals surface area contributed by atoms with Gasteiger partial charge in [0.05, 0.1) is 72.8 Å². The van der Waals surface area contributed by atoms with E-state index in [1.54, 1.807) is 31.2 Å². The lowest BCUT2D eigenvalue weighted by molar-refractivity contribution is -0.139. The molecule has 8 bridgehead atoms. The van der Waals surface area contributed by atoms with Crippen molar-refractivity contribution in [2.45, 2.75) is 97.6 Å². The third kappa shape index (κ3) is 13.9. The molecule has 25 nitrogen and oxygen atoms in total. The van der Waals surface area contributed by atoms with Gasteiger partial charge in [-0.1, -0.05) is 26.5 Å². The van der Waals surface area contributed by atoms with Crippen LogP contribution in [0, 0.1) is 13.8 Å². The molecule has 0 saturated heterocycles. The van der Waals surface area contributed by atoms with E-state index in [2.05, 4.69) is 57.7 Å². The Kier molecular flexibility index (Phi) is 18.9. The zero-order chi connectivity index (χ0) is 59.6. The number of aliphatic carboxylic acids is 2. The average molecular weight is 1140 g/mol. The van der Waals surface area contributed by atoms with Crippen molar-refractivity contribution in [2.75, 3.05) is 44.1 Å². The number of nitrogens with one attached hydrogen (secondary N) is 7. The predicted octanol–water partition coefficient (Wildman–Crippen LogP) is 6.02. The molecule has 6 aromatic rings. The SMILES string of the molecule is C=Cc1c(C)c2cc3nc(c(CC(=O)O)c4[nH]c(cc5nc(cc1[nH]2)C(C)=C5CC)c(C)c4C(=O)O)C(CCC(=O)NCCOCCOCNC(=O)CCC(NC(=O)c1ccc(NCc2cnc4nc(N)[nH]c(=O)c4n2)cc1)C(=O)O)C3C. The number of aromatic nitrogens is 8. The van der Waals surface area contributed by atoms with Crippen LogP contribution in [-0.4, -0.2) is 130 Å². The maximum absolute atomic E-state index is 13.4. The summed E-state index contributed by atoms with van der Waals surface area (Å²) in [7, 11) is 0. The molecule has 5 aromatic heterocycles. The molecule has 2 aliphatic rings. The van der Waals surface area contributed by atoms with Crippen molar-refractivity contribution < 1.29 is 53.6 Å². The molecule has 0 fully saturated rings. The summed E-state index contributed by atoms with van der Waals surface area (Å²) >= 11 is 0. The number of carboxylic acid groups (broad SMARTS) is 3. The second-order valence-corrected chi connectivity index (χ2v) is 20.0. The number of aromatic carboxylic acids is 1. The number of nitrogen functional groups attached to an aromatic ring is 1. The van der Waals surface area contributed by atoms with Gasteiger partial charge in [-0.25, -0.2) is 24.5 Å². The van der Waals surface area contributed by atoms with Gasteiger partial charge in [0.1, 0.15) is 12.8 Å². The van der Waals surface area contributed by atoms with Crippen LogP contribution in [0.1, 0.15) is 136 Å². The number of fused-ring (bicyclic) bond motifs is 9. The van der Waals surface area contributed by atoms with Crippen molar-refractivity contribution in [3.05, 3.63) is 127 Å². The van der Waals surface area contributed by atoms with E-state index in [4.69, 9.17) is 25.2 Å². The first-order chi connectivity index (χ1) is 39.7. The molecule has 3 atom stereocenters. The first-order valence-corrected chi connectivity index (χ1v) is 26.9. The van der Waals surface area contributed by atoms with Crippen molar-refractivity contribution in [3.8, 4) is 0 Å². The van der Waals surface area contributed by atoms with Crippen molar-refractivity contribution >= 4 is 97.7 Å². The van der Waals surface area contributed by atoms with Crippen LogP contribution in [0.4, 0.5) is 11.6 Å². The van der Waals surface area contributed by atoms with Crippen molar-refractivity contribution in [2.24, 2.45) is 0 Å². The van der Waals surface area contributed by atoms with E-state index in [1.807, 2.05) is 39.8 Å². The number of anilines is 2. The number of hydrogen-bond donors (Lipinski definition) is 11. The van der Waals surface area contributed by atoms with Crippen LogP contribution in [0.15, 0.2) is 60.0 Å². The van der Waals surface area contributed by atoms with E-state index in [9.17, 15) is 48.9 Å². The number of H-pyrrole nitrogens is 3. The first-order valence-electron chi connectivity index (χ1n) is 26.9. The highest BCUT2D eigenvalue weighted by Gasteiger charge is 2.34. The number of hydrogen-bond acceptors (Lipinski definition) is 16. The Hall–Kier alpha value is -9.62. The van der Waals surface area contributed by atoms with Gasteiger partial charge in [-0.2, -0.15) is 4.98 Å².